The summed E-state index contributed by atoms with van der Waals surface area (Å²) in [6.45, 7) is 7.81. The molecule has 0 saturated carbocycles. The van der Waals surface area contributed by atoms with Crippen molar-refractivity contribution in [2.75, 3.05) is 0 Å². The minimum atomic E-state index is 0.127. The Morgan fingerprint density at radius 3 is 2.25 bits per heavy atom. The Hall–Kier alpha value is -0.580. The van der Waals surface area contributed by atoms with E-state index >= 15 is 0 Å². The summed E-state index contributed by atoms with van der Waals surface area (Å²) in [5.74, 6) is 0.127. The van der Waals surface area contributed by atoms with E-state index in [2.05, 4.69) is 41.6 Å². The van der Waals surface area contributed by atoms with Gasteiger partial charge in [0.15, 0.2) is 0 Å². The van der Waals surface area contributed by atoms with E-state index in [-0.39, 0.29) is 18.0 Å². The Labute approximate surface area is 111 Å². The van der Waals surface area contributed by atoms with Gasteiger partial charge in [-0.25, -0.2) is 0 Å². The minimum absolute atomic E-state index is 0.127. The molecule has 0 aliphatic heterocycles. The molecule has 16 heavy (non-hydrogen) atoms. The van der Waals surface area contributed by atoms with Crippen LogP contribution in [0.1, 0.15) is 39.3 Å². The number of rotatable bonds is 3. The van der Waals surface area contributed by atoms with Gasteiger partial charge in [0.25, 0.3) is 0 Å². The van der Waals surface area contributed by atoms with Crippen LogP contribution in [0, 0.1) is 3.57 Å². The van der Waals surface area contributed by atoms with E-state index in [4.69, 9.17) is 0 Å². The molecule has 1 aromatic carbocycles. The highest BCUT2D eigenvalue weighted by Crippen LogP contribution is 2.26. The van der Waals surface area contributed by atoms with Crippen molar-refractivity contribution in [1.29, 1.82) is 0 Å². The Bertz CT molecular complexity index is 376. The zero-order valence-corrected chi connectivity index (χ0v) is 12.4. The van der Waals surface area contributed by atoms with Gasteiger partial charge in [-0.15, -0.1) is 0 Å². The summed E-state index contributed by atoms with van der Waals surface area (Å²) in [7, 11) is 0. The summed E-state index contributed by atoms with van der Waals surface area (Å²) in [5.41, 5.74) is 1.21. The van der Waals surface area contributed by atoms with Gasteiger partial charge in [-0.05, 0) is 55.0 Å². The SMILES string of the molecule is CC(=O)N(C(C)C)[C@@H](C)c1ccccc1I. The van der Waals surface area contributed by atoms with Gasteiger partial charge in [0.05, 0.1) is 6.04 Å². The number of hydrogen-bond acceptors (Lipinski definition) is 1. The van der Waals surface area contributed by atoms with Crippen molar-refractivity contribution in [3.63, 3.8) is 0 Å². The number of carbonyl (C=O) groups is 1. The van der Waals surface area contributed by atoms with Crippen LogP contribution < -0.4 is 0 Å². The molecule has 0 heterocycles. The molecule has 0 aliphatic carbocycles. The van der Waals surface area contributed by atoms with Crippen molar-refractivity contribution >= 4 is 28.5 Å². The molecule has 88 valence electrons. The van der Waals surface area contributed by atoms with Crippen molar-refractivity contribution < 1.29 is 4.79 Å². The van der Waals surface area contributed by atoms with Gasteiger partial charge < -0.3 is 4.90 Å². The first-order chi connectivity index (χ1) is 7.45. The molecule has 0 saturated heterocycles. The zero-order chi connectivity index (χ0) is 12.3. The van der Waals surface area contributed by atoms with Crippen molar-refractivity contribution in [2.24, 2.45) is 0 Å². The van der Waals surface area contributed by atoms with Crippen LogP contribution in [0.15, 0.2) is 24.3 Å². The Morgan fingerprint density at radius 2 is 1.81 bits per heavy atom. The van der Waals surface area contributed by atoms with Gasteiger partial charge in [-0.3, -0.25) is 4.79 Å². The van der Waals surface area contributed by atoms with Crippen LogP contribution in [0.2, 0.25) is 0 Å². The minimum Gasteiger partial charge on any atom is -0.334 e. The molecule has 0 aliphatic rings. The molecule has 0 fully saturated rings. The van der Waals surface area contributed by atoms with E-state index in [0.717, 1.165) is 0 Å². The quantitative estimate of drug-likeness (QED) is 0.775. The summed E-state index contributed by atoms with van der Waals surface area (Å²) < 4.78 is 1.21. The largest absolute Gasteiger partial charge is 0.334 e. The molecule has 1 atom stereocenters. The average molecular weight is 331 g/mol. The monoisotopic (exact) mass is 331 g/mol. The van der Waals surface area contributed by atoms with E-state index in [0.29, 0.717) is 0 Å². The van der Waals surface area contributed by atoms with Crippen molar-refractivity contribution in [3.05, 3.63) is 33.4 Å². The molecular formula is C13H18INO. The maximum absolute atomic E-state index is 11.6. The predicted octanol–water partition coefficient (Wildman–Crippen LogP) is 3.61. The lowest BCUT2D eigenvalue weighted by Crippen LogP contribution is -2.37. The number of carbonyl (C=O) groups excluding carboxylic acids is 1. The van der Waals surface area contributed by atoms with Gasteiger partial charge in [-0.1, -0.05) is 18.2 Å². The summed E-state index contributed by atoms with van der Waals surface area (Å²) in [6.07, 6.45) is 0. The first-order valence-electron chi connectivity index (χ1n) is 5.48. The van der Waals surface area contributed by atoms with Crippen LogP contribution in [0.3, 0.4) is 0 Å². The number of amides is 1. The Morgan fingerprint density at radius 1 is 1.25 bits per heavy atom. The lowest BCUT2D eigenvalue weighted by Gasteiger charge is -2.32. The summed E-state index contributed by atoms with van der Waals surface area (Å²) in [4.78, 5) is 13.5. The van der Waals surface area contributed by atoms with E-state index < -0.39 is 0 Å². The van der Waals surface area contributed by atoms with Crippen LogP contribution in [-0.4, -0.2) is 16.8 Å². The highest BCUT2D eigenvalue weighted by molar-refractivity contribution is 14.1. The normalized spacial score (nSPS) is 12.6. The van der Waals surface area contributed by atoms with Crippen LogP contribution in [0.5, 0.6) is 0 Å². The third-order valence-corrected chi connectivity index (χ3v) is 3.67. The number of halogens is 1. The highest BCUT2D eigenvalue weighted by Gasteiger charge is 2.22. The predicted molar refractivity (Wildman–Crippen MR) is 75.2 cm³/mol. The molecule has 1 amide bonds. The third kappa shape index (κ3) is 2.97. The van der Waals surface area contributed by atoms with Gasteiger partial charge in [0, 0.05) is 16.5 Å². The first kappa shape index (κ1) is 13.5. The second kappa shape index (κ2) is 5.66. The molecular weight excluding hydrogens is 313 g/mol. The summed E-state index contributed by atoms with van der Waals surface area (Å²) in [6, 6.07) is 8.56. The van der Waals surface area contributed by atoms with Gasteiger partial charge in [0.1, 0.15) is 0 Å². The van der Waals surface area contributed by atoms with Crippen molar-refractivity contribution in [2.45, 2.75) is 39.8 Å². The molecule has 1 aromatic rings. The topological polar surface area (TPSA) is 20.3 Å². The highest BCUT2D eigenvalue weighted by atomic mass is 127. The Balaban J connectivity index is 3.04. The fourth-order valence-electron chi connectivity index (χ4n) is 2.05. The van der Waals surface area contributed by atoms with Crippen LogP contribution in [0.25, 0.3) is 0 Å². The van der Waals surface area contributed by atoms with Crippen LogP contribution in [0.4, 0.5) is 0 Å². The lowest BCUT2D eigenvalue weighted by atomic mass is 10.1. The van der Waals surface area contributed by atoms with Gasteiger partial charge in [-0.2, -0.15) is 0 Å². The van der Waals surface area contributed by atoms with Crippen molar-refractivity contribution in [3.8, 4) is 0 Å². The smallest absolute Gasteiger partial charge is 0.220 e. The molecule has 0 N–H and O–H groups in total. The molecule has 0 unspecified atom stereocenters. The van der Waals surface area contributed by atoms with E-state index in [9.17, 15) is 4.79 Å². The van der Waals surface area contributed by atoms with Crippen LogP contribution >= 0.6 is 22.6 Å². The lowest BCUT2D eigenvalue weighted by molar-refractivity contribution is -0.132. The summed E-state index contributed by atoms with van der Waals surface area (Å²) >= 11 is 2.32. The second-order valence-corrected chi connectivity index (χ2v) is 5.38. The van der Waals surface area contributed by atoms with Crippen molar-refractivity contribution in [1.82, 2.24) is 4.90 Å². The van der Waals surface area contributed by atoms with Crippen LogP contribution in [-0.2, 0) is 4.79 Å². The fourth-order valence-corrected chi connectivity index (χ4v) is 2.89. The number of nitrogens with zero attached hydrogens (tertiary/aromatic N) is 1. The van der Waals surface area contributed by atoms with Gasteiger partial charge >= 0.3 is 0 Å². The molecule has 0 aromatic heterocycles. The maximum atomic E-state index is 11.6. The second-order valence-electron chi connectivity index (χ2n) is 4.22. The maximum Gasteiger partial charge on any atom is 0.220 e. The molecule has 0 spiro atoms. The standard InChI is InChI=1S/C13H18INO/c1-9(2)15(11(4)16)10(3)12-7-5-6-8-13(12)14/h5-10H,1-4H3/t10-/m0/s1. The summed E-state index contributed by atoms with van der Waals surface area (Å²) in [5, 5.41) is 0. The molecule has 1 rings (SSSR count). The molecule has 3 heteroatoms. The Kier molecular flexibility index (Phi) is 4.77. The van der Waals surface area contributed by atoms with Gasteiger partial charge in [0.2, 0.25) is 5.91 Å². The fraction of sp³-hybridized carbons (Fsp3) is 0.462. The zero-order valence-electron chi connectivity index (χ0n) is 10.2. The first-order valence-corrected chi connectivity index (χ1v) is 6.56. The van der Waals surface area contributed by atoms with E-state index in [1.54, 1.807) is 6.92 Å². The third-order valence-electron chi connectivity index (χ3n) is 2.69. The van der Waals surface area contributed by atoms with E-state index in [1.165, 1.54) is 9.13 Å². The molecule has 0 bridgehead atoms. The molecule has 2 nitrogen and oxygen atoms in total. The average Bonchev–Trinajstić information content (AvgIpc) is 2.16. The number of benzene rings is 1. The molecule has 0 radical (unpaired) electrons. The van der Waals surface area contributed by atoms with E-state index in [1.807, 2.05) is 30.9 Å². The number of hydrogen-bond donors (Lipinski definition) is 0.